The molecule has 3 rings (SSSR count). The number of carbonyl (C=O) groups excluding carboxylic acids is 1. The third kappa shape index (κ3) is 2.49. The molecule has 2 N–H and O–H groups in total. The lowest BCUT2D eigenvalue weighted by atomic mass is 9.98. The third-order valence-corrected chi connectivity index (χ3v) is 3.75. The van der Waals surface area contributed by atoms with E-state index in [1.807, 2.05) is 37.3 Å². The van der Waals surface area contributed by atoms with Gasteiger partial charge in [-0.15, -0.1) is 0 Å². The Bertz CT molecular complexity index is 841. The summed E-state index contributed by atoms with van der Waals surface area (Å²) >= 11 is 6.14. The standard InChI is InChI=1S/C17H13ClN2O2/c1-10-15(12-7-8-13(17(19)21)14(18)9-12)16(20-22-10)11-5-3-2-4-6-11/h2-9H,1H3,(H2,19,21). The largest absolute Gasteiger partial charge is 0.366 e. The summed E-state index contributed by atoms with van der Waals surface area (Å²) < 4.78 is 5.34. The normalized spacial score (nSPS) is 10.6. The van der Waals surface area contributed by atoms with Gasteiger partial charge in [-0.1, -0.05) is 53.2 Å². The van der Waals surface area contributed by atoms with Crippen LogP contribution in [0.1, 0.15) is 16.1 Å². The van der Waals surface area contributed by atoms with Crippen molar-refractivity contribution in [2.24, 2.45) is 5.73 Å². The summed E-state index contributed by atoms with van der Waals surface area (Å²) in [6.45, 7) is 1.84. The van der Waals surface area contributed by atoms with E-state index in [1.165, 1.54) is 0 Å². The third-order valence-electron chi connectivity index (χ3n) is 3.43. The number of aryl methyl sites for hydroxylation is 1. The van der Waals surface area contributed by atoms with E-state index in [-0.39, 0.29) is 0 Å². The van der Waals surface area contributed by atoms with Gasteiger partial charge in [-0.2, -0.15) is 0 Å². The highest BCUT2D eigenvalue weighted by Crippen LogP contribution is 2.35. The number of nitrogens with two attached hydrogens (primary N) is 1. The first-order valence-corrected chi connectivity index (χ1v) is 7.07. The predicted molar refractivity (Wildman–Crippen MR) is 85.6 cm³/mol. The van der Waals surface area contributed by atoms with E-state index in [2.05, 4.69) is 5.16 Å². The summed E-state index contributed by atoms with van der Waals surface area (Å²) in [5, 5.41) is 4.45. The van der Waals surface area contributed by atoms with Crippen LogP contribution in [0.5, 0.6) is 0 Å². The van der Waals surface area contributed by atoms with E-state index >= 15 is 0 Å². The lowest BCUT2D eigenvalue weighted by molar-refractivity contribution is 0.100. The van der Waals surface area contributed by atoms with E-state index < -0.39 is 5.91 Å². The van der Waals surface area contributed by atoms with E-state index in [1.54, 1.807) is 18.2 Å². The number of carbonyl (C=O) groups is 1. The molecule has 0 atom stereocenters. The molecule has 0 saturated carbocycles. The second-order valence-corrected chi connectivity index (χ2v) is 5.29. The van der Waals surface area contributed by atoms with Crippen LogP contribution in [0.4, 0.5) is 0 Å². The molecular formula is C17H13ClN2O2. The zero-order valence-corrected chi connectivity index (χ0v) is 12.6. The Labute approximate surface area is 132 Å². The van der Waals surface area contributed by atoms with Crippen molar-refractivity contribution < 1.29 is 9.32 Å². The summed E-state index contributed by atoms with van der Waals surface area (Å²) in [6, 6.07) is 14.8. The number of hydrogen-bond donors (Lipinski definition) is 1. The minimum atomic E-state index is -0.554. The highest BCUT2D eigenvalue weighted by molar-refractivity contribution is 6.34. The zero-order valence-electron chi connectivity index (χ0n) is 11.8. The van der Waals surface area contributed by atoms with Crippen LogP contribution in [-0.2, 0) is 0 Å². The van der Waals surface area contributed by atoms with E-state index in [4.69, 9.17) is 21.9 Å². The molecule has 0 radical (unpaired) electrons. The van der Waals surface area contributed by atoms with Crippen molar-refractivity contribution in [3.05, 3.63) is 64.9 Å². The lowest BCUT2D eigenvalue weighted by Crippen LogP contribution is -2.11. The predicted octanol–water partition coefficient (Wildman–Crippen LogP) is 4.07. The van der Waals surface area contributed by atoms with Crippen LogP contribution in [0.3, 0.4) is 0 Å². The van der Waals surface area contributed by atoms with Crippen LogP contribution in [-0.4, -0.2) is 11.1 Å². The number of halogens is 1. The number of hydrogen-bond acceptors (Lipinski definition) is 3. The quantitative estimate of drug-likeness (QED) is 0.792. The summed E-state index contributed by atoms with van der Waals surface area (Å²) in [4.78, 5) is 11.3. The molecule has 1 aromatic heterocycles. The van der Waals surface area contributed by atoms with Crippen molar-refractivity contribution in [2.75, 3.05) is 0 Å². The minimum absolute atomic E-state index is 0.292. The van der Waals surface area contributed by atoms with Gasteiger partial charge in [0.1, 0.15) is 11.5 Å². The van der Waals surface area contributed by atoms with Crippen LogP contribution < -0.4 is 5.73 Å². The molecule has 0 fully saturated rings. The van der Waals surface area contributed by atoms with Crippen molar-refractivity contribution in [1.29, 1.82) is 0 Å². The second kappa shape index (κ2) is 5.66. The fourth-order valence-electron chi connectivity index (χ4n) is 2.38. The molecule has 22 heavy (non-hydrogen) atoms. The van der Waals surface area contributed by atoms with Gasteiger partial charge in [0, 0.05) is 5.56 Å². The van der Waals surface area contributed by atoms with Gasteiger partial charge in [-0.05, 0) is 24.6 Å². The molecule has 1 heterocycles. The van der Waals surface area contributed by atoms with Crippen LogP contribution in [0.15, 0.2) is 53.1 Å². The van der Waals surface area contributed by atoms with Gasteiger partial charge in [-0.25, -0.2) is 0 Å². The van der Waals surface area contributed by atoms with Gasteiger partial charge in [0.2, 0.25) is 5.91 Å². The van der Waals surface area contributed by atoms with E-state index in [0.29, 0.717) is 16.3 Å². The number of rotatable bonds is 3. The Morgan fingerprint density at radius 1 is 1.14 bits per heavy atom. The second-order valence-electron chi connectivity index (χ2n) is 4.89. The van der Waals surface area contributed by atoms with Gasteiger partial charge in [0.05, 0.1) is 16.1 Å². The summed E-state index contributed by atoms with van der Waals surface area (Å²) in [7, 11) is 0. The molecule has 0 aliphatic carbocycles. The first kappa shape index (κ1) is 14.4. The molecule has 4 nitrogen and oxygen atoms in total. The maximum atomic E-state index is 11.3. The number of benzene rings is 2. The molecule has 0 bridgehead atoms. The molecule has 0 saturated heterocycles. The van der Waals surface area contributed by atoms with Crippen molar-refractivity contribution in [2.45, 2.75) is 6.92 Å². The topological polar surface area (TPSA) is 69.1 Å². The van der Waals surface area contributed by atoms with Gasteiger partial charge in [-0.3, -0.25) is 4.79 Å². The Morgan fingerprint density at radius 3 is 2.50 bits per heavy atom. The Balaban J connectivity index is 2.15. The smallest absolute Gasteiger partial charge is 0.250 e. The summed E-state index contributed by atoms with van der Waals surface area (Å²) in [5.41, 5.74) is 8.94. The molecule has 5 heteroatoms. The average molecular weight is 313 g/mol. The van der Waals surface area contributed by atoms with Gasteiger partial charge in [0.25, 0.3) is 0 Å². The van der Waals surface area contributed by atoms with Crippen molar-refractivity contribution >= 4 is 17.5 Å². The molecule has 1 amide bonds. The average Bonchev–Trinajstić information content (AvgIpc) is 2.89. The van der Waals surface area contributed by atoms with Crippen molar-refractivity contribution in [1.82, 2.24) is 5.16 Å². The Kier molecular flexibility index (Phi) is 3.69. The molecule has 2 aromatic carbocycles. The number of primary amides is 1. The van der Waals surface area contributed by atoms with Crippen molar-refractivity contribution in [3.63, 3.8) is 0 Å². The van der Waals surface area contributed by atoms with E-state index in [0.717, 1.165) is 22.4 Å². The molecular weight excluding hydrogens is 300 g/mol. The Morgan fingerprint density at radius 2 is 1.86 bits per heavy atom. The van der Waals surface area contributed by atoms with Crippen LogP contribution >= 0.6 is 11.6 Å². The Hall–Kier alpha value is -2.59. The monoisotopic (exact) mass is 312 g/mol. The molecule has 0 spiro atoms. The zero-order chi connectivity index (χ0) is 15.7. The number of amides is 1. The molecule has 0 aliphatic rings. The van der Waals surface area contributed by atoms with Crippen molar-refractivity contribution in [3.8, 4) is 22.4 Å². The number of aromatic nitrogens is 1. The highest BCUT2D eigenvalue weighted by Gasteiger charge is 2.18. The highest BCUT2D eigenvalue weighted by atomic mass is 35.5. The van der Waals surface area contributed by atoms with Crippen LogP contribution in [0, 0.1) is 6.92 Å². The summed E-state index contributed by atoms with van der Waals surface area (Å²) in [6.07, 6.45) is 0. The van der Waals surface area contributed by atoms with Gasteiger partial charge >= 0.3 is 0 Å². The van der Waals surface area contributed by atoms with Gasteiger partial charge < -0.3 is 10.3 Å². The fourth-order valence-corrected chi connectivity index (χ4v) is 2.65. The lowest BCUT2D eigenvalue weighted by Gasteiger charge is -2.06. The summed E-state index contributed by atoms with van der Waals surface area (Å²) in [5.74, 6) is 0.128. The van der Waals surface area contributed by atoms with Gasteiger partial charge in [0.15, 0.2) is 0 Å². The molecule has 0 unspecified atom stereocenters. The maximum Gasteiger partial charge on any atom is 0.250 e. The SMILES string of the molecule is Cc1onc(-c2ccccc2)c1-c1ccc(C(N)=O)c(Cl)c1. The minimum Gasteiger partial charge on any atom is -0.366 e. The molecule has 110 valence electrons. The van der Waals surface area contributed by atoms with E-state index in [9.17, 15) is 4.79 Å². The fraction of sp³-hybridized carbons (Fsp3) is 0.0588. The number of nitrogens with zero attached hydrogens (tertiary/aromatic N) is 1. The molecule has 3 aromatic rings. The van der Waals surface area contributed by atoms with Crippen LogP contribution in [0.25, 0.3) is 22.4 Å². The van der Waals surface area contributed by atoms with Crippen LogP contribution in [0.2, 0.25) is 5.02 Å². The maximum absolute atomic E-state index is 11.3. The molecule has 0 aliphatic heterocycles. The first-order chi connectivity index (χ1) is 10.6. The first-order valence-electron chi connectivity index (χ1n) is 6.69.